The number of aliphatic imine (C=N–C) groups is 1. The van der Waals surface area contributed by atoms with Crippen molar-refractivity contribution in [2.45, 2.75) is 26.3 Å². The predicted molar refractivity (Wildman–Crippen MR) is 111 cm³/mol. The second-order valence-electron chi connectivity index (χ2n) is 7.52. The van der Waals surface area contributed by atoms with Gasteiger partial charge in [0.15, 0.2) is 0 Å². The van der Waals surface area contributed by atoms with E-state index >= 15 is 0 Å². The van der Waals surface area contributed by atoms with Crippen molar-refractivity contribution in [2.24, 2.45) is 4.99 Å². The van der Waals surface area contributed by atoms with Crippen molar-refractivity contribution >= 4 is 17.3 Å². The number of nitrogens with two attached hydrogens (primary N) is 1. The van der Waals surface area contributed by atoms with Crippen LogP contribution in [0.2, 0.25) is 0 Å². The SMILES string of the molecule is CC1=C2CC(=CC(c3cccc(N)c3)=N1)CN(Cc1ccc(OC(F)(F)F)cc1)C2=O. The van der Waals surface area contributed by atoms with Gasteiger partial charge in [0.2, 0.25) is 0 Å². The average molecular weight is 427 g/mol. The molecule has 2 N–H and O–H groups in total. The molecule has 0 atom stereocenters. The highest BCUT2D eigenvalue weighted by atomic mass is 19.4. The van der Waals surface area contributed by atoms with Crippen LogP contribution in [0.3, 0.4) is 0 Å². The highest BCUT2D eigenvalue weighted by Crippen LogP contribution is 2.30. The number of piperidine rings is 1. The highest BCUT2D eigenvalue weighted by molar-refractivity contribution is 6.11. The first kappa shape index (κ1) is 20.7. The van der Waals surface area contributed by atoms with E-state index in [1.54, 1.807) is 11.0 Å². The maximum Gasteiger partial charge on any atom is 0.573 e. The molecule has 0 aromatic heterocycles. The Morgan fingerprint density at radius 1 is 1.16 bits per heavy atom. The van der Waals surface area contributed by atoms with Gasteiger partial charge in [-0.3, -0.25) is 9.79 Å². The lowest BCUT2D eigenvalue weighted by Gasteiger charge is -2.30. The van der Waals surface area contributed by atoms with Gasteiger partial charge in [-0.05, 0) is 48.4 Å². The van der Waals surface area contributed by atoms with E-state index in [0.717, 1.165) is 16.8 Å². The molecule has 2 bridgehead atoms. The van der Waals surface area contributed by atoms with E-state index in [1.807, 2.05) is 31.2 Å². The van der Waals surface area contributed by atoms with E-state index in [1.165, 1.54) is 24.3 Å². The Morgan fingerprint density at radius 3 is 2.58 bits per heavy atom. The van der Waals surface area contributed by atoms with Crippen molar-refractivity contribution in [3.63, 3.8) is 0 Å². The van der Waals surface area contributed by atoms with Crippen LogP contribution in [0.15, 0.2) is 76.4 Å². The molecule has 8 heteroatoms. The summed E-state index contributed by atoms with van der Waals surface area (Å²) in [6.07, 6.45) is -2.24. The largest absolute Gasteiger partial charge is 0.573 e. The number of ether oxygens (including phenoxy) is 1. The Labute approximate surface area is 177 Å². The molecule has 2 heterocycles. The maximum absolute atomic E-state index is 13.0. The summed E-state index contributed by atoms with van der Waals surface area (Å²) in [6.45, 7) is 2.49. The molecule has 1 amide bonds. The number of halogens is 3. The summed E-state index contributed by atoms with van der Waals surface area (Å²) in [7, 11) is 0. The van der Waals surface area contributed by atoms with Gasteiger partial charge in [0.25, 0.3) is 5.91 Å². The molecule has 1 fully saturated rings. The molecule has 2 aromatic rings. The van der Waals surface area contributed by atoms with Gasteiger partial charge < -0.3 is 15.4 Å². The van der Waals surface area contributed by atoms with Crippen molar-refractivity contribution < 1.29 is 22.7 Å². The van der Waals surface area contributed by atoms with Crippen LogP contribution >= 0.6 is 0 Å². The molecule has 2 aliphatic heterocycles. The molecule has 0 unspecified atom stereocenters. The van der Waals surface area contributed by atoms with Gasteiger partial charge in [-0.1, -0.05) is 24.3 Å². The summed E-state index contributed by atoms with van der Waals surface area (Å²) < 4.78 is 40.9. The quantitative estimate of drug-likeness (QED) is 0.725. The summed E-state index contributed by atoms with van der Waals surface area (Å²) in [5, 5.41) is 0. The molecule has 160 valence electrons. The third-order valence-electron chi connectivity index (χ3n) is 5.12. The lowest BCUT2D eigenvalue weighted by Crippen LogP contribution is -2.37. The molecule has 0 saturated carbocycles. The van der Waals surface area contributed by atoms with Gasteiger partial charge in [-0.15, -0.1) is 13.2 Å². The minimum Gasteiger partial charge on any atom is -0.406 e. The van der Waals surface area contributed by atoms with Crippen LogP contribution in [-0.2, 0) is 11.3 Å². The number of likely N-dealkylation sites (tertiary alicyclic amines) is 1. The fourth-order valence-electron chi connectivity index (χ4n) is 3.71. The average Bonchev–Trinajstić information content (AvgIpc) is 2.83. The molecule has 0 radical (unpaired) electrons. The molecule has 2 aromatic carbocycles. The summed E-state index contributed by atoms with van der Waals surface area (Å²) in [5.74, 6) is -0.417. The molecular weight excluding hydrogens is 407 g/mol. The van der Waals surface area contributed by atoms with Crippen molar-refractivity contribution in [3.05, 3.63) is 82.6 Å². The number of amides is 1. The fourth-order valence-corrected chi connectivity index (χ4v) is 3.71. The number of nitrogen functional groups attached to an aromatic ring is 1. The second kappa shape index (κ2) is 7.94. The summed E-state index contributed by atoms with van der Waals surface area (Å²) in [6, 6.07) is 13.0. The normalized spacial score (nSPS) is 16.6. The zero-order valence-corrected chi connectivity index (χ0v) is 16.7. The Balaban J connectivity index is 1.57. The van der Waals surface area contributed by atoms with Crippen LogP contribution in [0.4, 0.5) is 18.9 Å². The van der Waals surface area contributed by atoms with E-state index < -0.39 is 6.36 Å². The number of hydrogen-bond acceptors (Lipinski definition) is 4. The molecule has 4 rings (SSSR count). The van der Waals surface area contributed by atoms with Crippen molar-refractivity contribution in [1.29, 1.82) is 0 Å². The number of allylic oxidation sites excluding steroid dienone is 2. The number of rotatable bonds is 4. The Kier molecular flexibility index (Phi) is 5.31. The number of anilines is 1. The van der Waals surface area contributed by atoms with E-state index in [9.17, 15) is 18.0 Å². The number of carbonyl (C=O) groups is 1. The third kappa shape index (κ3) is 4.79. The summed E-state index contributed by atoms with van der Waals surface area (Å²) in [4.78, 5) is 19.4. The topological polar surface area (TPSA) is 67.9 Å². The molecule has 0 aliphatic carbocycles. The maximum atomic E-state index is 13.0. The Bertz CT molecular complexity index is 1120. The zero-order valence-electron chi connectivity index (χ0n) is 16.7. The highest BCUT2D eigenvalue weighted by Gasteiger charge is 2.32. The Morgan fingerprint density at radius 2 is 1.90 bits per heavy atom. The van der Waals surface area contributed by atoms with Crippen LogP contribution in [-0.4, -0.2) is 29.4 Å². The molecule has 1 saturated heterocycles. The lowest BCUT2D eigenvalue weighted by atomic mass is 9.96. The van der Waals surface area contributed by atoms with Gasteiger partial charge in [0, 0.05) is 42.0 Å². The minimum atomic E-state index is -4.74. The third-order valence-corrected chi connectivity index (χ3v) is 5.12. The molecule has 5 nitrogen and oxygen atoms in total. The van der Waals surface area contributed by atoms with Crippen molar-refractivity contribution in [3.8, 4) is 5.75 Å². The zero-order chi connectivity index (χ0) is 22.2. The first-order valence-corrected chi connectivity index (χ1v) is 9.66. The molecule has 2 aliphatic rings. The van der Waals surface area contributed by atoms with E-state index in [-0.39, 0.29) is 18.2 Å². The minimum absolute atomic E-state index is 0.122. The fraction of sp³-hybridized carbons (Fsp3) is 0.217. The molecule has 31 heavy (non-hydrogen) atoms. The standard InChI is InChI=1S/C23H20F3N3O2/c1-14-20-9-16(10-21(28-14)17-3-2-4-18(27)11-17)13-29(22(20)30)12-15-5-7-19(8-6-15)31-23(24,25)26/h2-8,10-11H,9,12-13,27H2,1H3. The van der Waals surface area contributed by atoms with Crippen LogP contribution in [0.25, 0.3) is 0 Å². The van der Waals surface area contributed by atoms with Gasteiger partial charge in [-0.2, -0.15) is 0 Å². The Hall–Kier alpha value is -3.55. The number of fused-ring (bicyclic) bond motifs is 2. The van der Waals surface area contributed by atoms with Crippen LogP contribution in [0, 0.1) is 0 Å². The molecular formula is C23H20F3N3O2. The first-order valence-electron chi connectivity index (χ1n) is 9.66. The predicted octanol–water partition coefficient (Wildman–Crippen LogP) is 4.60. The van der Waals surface area contributed by atoms with Crippen LogP contribution < -0.4 is 10.5 Å². The lowest BCUT2D eigenvalue weighted by molar-refractivity contribution is -0.274. The van der Waals surface area contributed by atoms with Gasteiger partial charge in [-0.25, -0.2) is 0 Å². The molecule has 0 spiro atoms. The van der Waals surface area contributed by atoms with Crippen LogP contribution in [0.1, 0.15) is 24.5 Å². The van der Waals surface area contributed by atoms with Crippen LogP contribution in [0.5, 0.6) is 5.75 Å². The number of carbonyl (C=O) groups excluding carboxylic acids is 1. The van der Waals surface area contributed by atoms with Gasteiger partial charge >= 0.3 is 6.36 Å². The van der Waals surface area contributed by atoms with E-state index in [4.69, 9.17) is 5.73 Å². The van der Waals surface area contributed by atoms with E-state index in [2.05, 4.69) is 9.73 Å². The monoisotopic (exact) mass is 427 g/mol. The number of hydrogen-bond donors (Lipinski definition) is 1. The number of alkyl halides is 3. The van der Waals surface area contributed by atoms with Crippen molar-refractivity contribution in [2.75, 3.05) is 12.3 Å². The number of benzene rings is 2. The van der Waals surface area contributed by atoms with Gasteiger partial charge in [0.1, 0.15) is 5.75 Å². The summed E-state index contributed by atoms with van der Waals surface area (Å²) >= 11 is 0. The van der Waals surface area contributed by atoms with Gasteiger partial charge in [0.05, 0.1) is 5.71 Å². The number of nitrogens with zero attached hydrogens (tertiary/aromatic N) is 2. The van der Waals surface area contributed by atoms with E-state index in [0.29, 0.717) is 35.5 Å². The van der Waals surface area contributed by atoms with Crippen molar-refractivity contribution in [1.82, 2.24) is 4.90 Å². The first-order chi connectivity index (χ1) is 14.7. The summed E-state index contributed by atoms with van der Waals surface area (Å²) in [5.41, 5.74) is 11.2. The smallest absolute Gasteiger partial charge is 0.406 e. The second-order valence-corrected chi connectivity index (χ2v) is 7.52.